The van der Waals surface area contributed by atoms with Crippen LogP contribution >= 0.6 is 0 Å². The molecular weight excluding hydrogens is 621 g/mol. The van der Waals surface area contributed by atoms with Gasteiger partial charge in [0.1, 0.15) is 11.3 Å². The number of carbonyl (C=O) groups is 1. The van der Waals surface area contributed by atoms with Crippen molar-refractivity contribution in [1.82, 2.24) is 18.8 Å². The van der Waals surface area contributed by atoms with Crippen LogP contribution in [0, 0.1) is 51.4 Å². The number of unbranched alkanes of at least 4 members (excludes halogenated alkanes) is 5. The number of nitrogens with zero attached hydrogens (tertiary/aromatic N) is 4. The van der Waals surface area contributed by atoms with E-state index in [1.165, 1.54) is 0 Å². The molecule has 0 radical (unpaired) electrons. The molecule has 1 atom stereocenters. The quantitative estimate of drug-likeness (QED) is 0.0779. The van der Waals surface area contributed by atoms with Crippen LogP contribution in [-0.2, 0) is 0 Å². The molecule has 0 saturated heterocycles. The lowest BCUT2D eigenvalue weighted by Crippen LogP contribution is -2.12. The zero-order chi connectivity index (χ0) is 35.0. The summed E-state index contributed by atoms with van der Waals surface area (Å²) in [6.45, 7) is 7.92. The zero-order valence-electron chi connectivity index (χ0n) is 29.0. The maximum absolute atomic E-state index is 12.9. The van der Waals surface area contributed by atoms with Crippen LogP contribution < -0.4 is 10.6 Å². The highest BCUT2D eigenvalue weighted by Gasteiger charge is 2.16. The van der Waals surface area contributed by atoms with Crippen LogP contribution in [0.3, 0.4) is 0 Å². The van der Waals surface area contributed by atoms with Crippen LogP contribution in [0.5, 0.6) is 0 Å². The van der Waals surface area contributed by atoms with E-state index in [0.29, 0.717) is 11.2 Å². The molecule has 8 heteroatoms. The van der Waals surface area contributed by atoms with Crippen LogP contribution in [0.2, 0.25) is 0 Å². The topological polar surface area (TPSA) is 96.0 Å². The fourth-order valence-corrected chi connectivity index (χ4v) is 6.03. The highest BCUT2D eigenvalue weighted by Crippen LogP contribution is 2.23. The number of rotatable bonds is 10. The molecule has 0 fully saturated rings. The Morgan fingerprint density at radius 2 is 1.22 bits per heavy atom. The van der Waals surface area contributed by atoms with E-state index in [9.17, 15) is 9.90 Å². The maximum atomic E-state index is 12.9. The molecule has 0 spiro atoms. The van der Waals surface area contributed by atoms with Crippen LogP contribution in [0.4, 0.5) is 11.4 Å². The van der Waals surface area contributed by atoms with Crippen LogP contribution in [0.1, 0.15) is 94.6 Å². The Balaban J connectivity index is 0.876. The molecule has 6 aromatic rings. The molecule has 8 nitrogen and oxygen atoms in total. The largest absolute Gasteiger partial charge is 0.369 e. The second-order valence-corrected chi connectivity index (χ2v) is 12.6. The van der Waals surface area contributed by atoms with Gasteiger partial charge in [0.05, 0.1) is 5.56 Å². The van der Waals surface area contributed by atoms with E-state index in [2.05, 4.69) is 44.3 Å². The Kier molecular flexibility index (Phi) is 10.6. The molecule has 2 aromatic carbocycles. The van der Waals surface area contributed by atoms with Crippen molar-refractivity contribution in [3.63, 3.8) is 0 Å². The molecule has 3 N–H and O–H groups in total. The van der Waals surface area contributed by atoms with Gasteiger partial charge < -0.3 is 24.5 Å². The van der Waals surface area contributed by atoms with E-state index in [1.54, 1.807) is 6.07 Å². The lowest BCUT2D eigenvalue weighted by molar-refractivity contribution is 0.102. The van der Waals surface area contributed by atoms with Gasteiger partial charge in [-0.25, -0.2) is 9.97 Å². The number of nitrogens with one attached hydrogen (secondary N) is 2. The standard InChI is InChI=1S/C42H42N6O2/c1-29-27-31(3)47-25-23-37(39(47)43-29)41(49)45-35-19-15-33(16-20-35)13-11-9-7-5-6-8-10-12-14-34-17-21-36(22-18-34)46-42(50)38-24-26-48-32(4)28-30(2)44-40(38)48/h15-28,41,45,49H,5-10H2,1-4H3,(H,46,50). The van der Waals surface area contributed by atoms with Gasteiger partial charge in [-0.2, -0.15) is 0 Å². The van der Waals surface area contributed by atoms with E-state index in [4.69, 9.17) is 0 Å². The van der Waals surface area contributed by atoms with E-state index in [1.807, 2.05) is 116 Å². The third-order valence-electron chi connectivity index (χ3n) is 8.60. The van der Waals surface area contributed by atoms with Crippen molar-refractivity contribution in [3.05, 3.63) is 130 Å². The van der Waals surface area contributed by atoms with E-state index in [-0.39, 0.29) is 5.91 Å². The summed E-state index contributed by atoms with van der Waals surface area (Å²) in [5.74, 6) is 12.9. The Bertz CT molecular complexity index is 2260. The highest BCUT2D eigenvalue weighted by molar-refractivity contribution is 6.08. The number of hydrogen-bond donors (Lipinski definition) is 3. The molecule has 252 valence electrons. The zero-order valence-corrected chi connectivity index (χ0v) is 29.0. The molecule has 1 unspecified atom stereocenters. The highest BCUT2D eigenvalue weighted by atomic mass is 16.3. The van der Waals surface area contributed by atoms with Gasteiger partial charge in [0.15, 0.2) is 6.23 Å². The summed E-state index contributed by atoms with van der Waals surface area (Å²) in [7, 11) is 0. The number of hydrogen-bond acceptors (Lipinski definition) is 5. The molecule has 4 heterocycles. The second kappa shape index (κ2) is 15.6. The molecule has 50 heavy (non-hydrogen) atoms. The third kappa shape index (κ3) is 8.23. The van der Waals surface area contributed by atoms with Crippen molar-refractivity contribution in [3.8, 4) is 23.7 Å². The van der Waals surface area contributed by atoms with Crippen molar-refractivity contribution < 1.29 is 9.90 Å². The Morgan fingerprint density at radius 3 is 1.82 bits per heavy atom. The second-order valence-electron chi connectivity index (χ2n) is 12.6. The molecular formula is C42H42N6O2. The molecule has 4 aromatic heterocycles. The Labute approximate surface area is 293 Å². The predicted octanol–water partition coefficient (Wildman–Crippen LogP) is 8.31. The number of aromatic nitrogens is 4. The molecule has 0 aliphatic heterocycles. The number of aliphatic hydroxyl groups excluding tert-OH is 1. The van der Waals surface area contributed by atoms with Gasteiger partial charge in [0.25, 0.3) is 5.91 Å². The van der Waals surface area contributed by atoms with Gasteiger partial charge in [-0.05, 0) is 113 Å². The monoisotopic (exact) mass is 662 g/mol. The fraction of sp³-hybridized carbons (Fsp3) is 0.262. The van der Waals surface area contributed by atoms with E-state index < -0.39 is 6.23 Å². The number of benzene rings is 2. The average Bonchev–Trinajstić information content (AvgIpc) is 3.72. The molecule has 0 saturated carbocycles. The molecule has 0 bridgehead atoms. The van der Waals surface area contributed by atoms with E-state index in [0.717, 1.165) is 95.0 Å². The summed E-state index contributed by atoms with van der Waals surface area (Å²) in [5.41, 5.74) is 10.1. The fourth-order valence-electron chi connectivity index (χ4n) is 6.03. The summed E-state index contributed by atoms with van der Waals surface area (Å²) in [4.78, 5) is 22.1. The van der Waals surface area contributed by atoms with Gasteiger partial charge in [-0.1, -0.05) is 36.5 Å². The number of amides is 1. The van der Waals surface area contributed by atoms with Gasteiger partial charge in [0.2, 0.25) is 0 Å². The number of aliphatic hydroxyl groups is 1. The average molecular weight is 663 g/mol. The SMILES string of the molecule is Cc1cc(C)n2ccc(C(=O)Nc3ccc(C#CCCCCCCC#Cc4ccc(NC(O)c5ccn6c(C)cc(C)nc56)cc4)cc3)c2n1. The smallest absolute Gasteiger partial charge is 0.259 e. The minimum Gasteiger partial charge on any atom is -0.369 e. The lowest BCUT2D eigenvalue weighted by Gasteiger charge is -2.14. The number of aryl methyl sites for hydroxylation is 4. The minimum absolute atomic E-state index is 0.180. The van der Waals surface area contributed by atoms with Gasteiger partial charge >= 0.3 is 0 Å². The summed E-state index contributed by atoms with van der Waals surface area (Å²) < 4.78 is 3.91. The van der Waals surface area contributed by atoms with Crippen molar-refractivity contribution in [2.75, 3.05) is 10.6 Å². The van der Waals surface area contributed by atoms with Gasteiger partial charge in [-0.3, -0.25) is 4.79 Å². The molecule has 6 rings (SSSR count). The summed E-state index contributed by atoms with van der Waals surface area (Å²) in [6.07, 6.45) is 9.02. The first-order valence-electron chi connectivity index (χ1n) is 17.1. The normalized spacial score (nSPS) is 11.5. The first-order chi connectivity index (χ1) is 24.2. The van der Waals surface area contributed by atoms with Crippen molar-refractivity contribution in [1.29, 1.82) is 0 Å². The first-order valence-corrected chi connectivity index (χ1v) is 17.1. The van der Waals surface area contributed by atoms with Gasteiger partial charge in [-0.15, -0.1) is 0 Å². The maximum Gasteiger partial charge on any atom is 0.259 e. The molecule has 0 aliphatic rings. The Morgan fingerprint density at radius 1 is 0.700 bits per heavy atom. The predicted molar refractivity (Wildman–Crippen MR) is 200 cm³/mol. The van der Waals surface area contributed by atoms with Crippen molar-refractivity contribution in [2.45, 2.75) is 72.4 Å². The van der Waals surface area contributed by atoms with Crippen LogP contribution in [-0.4, -0.2) is 29.8 Å². The minimum atomic E-state index is -0.867. The third-order valence-corrected chi connectivity index (χ3v) is 8.60. The summed E-state index contributed by atoms with van der Waals surface area (Å²) >= 11 is 0. The van der Waals surface area contributed by atoms with E-state index >= 15 is 0 Å². The van der Waals surface area contributed by atoms with Gasteiger partial charge in [0, 0.05) is 76.1 Å². The molecule has 0 aliphatic carbocycles. The number of anilines is 2. The van der Waals surface area contributed by atoms with Crippen LogP contribution in [0.25, 0.3) is 11.3 Å². The number of fused-ring (bicyclic) bond motifs is 2. The number of carbonyl (C=O) groups excluding carboxylic acids is 1. The molecule has 1 amide bonds. The first kappa shape index (κ1) is 34.0. The summed E-state index contributed by atoms with van der Waals surface area (Å²) in [6, 6.07) is 23.2. The van der Waals surface area contributed by atoms with Crippen molar-refractivity contribution >= 4 is 28.6 Å². The lowest BCUT2D eigenvalue weighted by atomic mass is 10.1. The summed E-state index contributed by atoms with van der Waals surface area (Å²) in [5, 5.41) is 17.0. The van der Waals surface area contributed by atoms with Crippen LogP contribution in [0.15, 0.2) is 85.2 Å². The Hall–Kier alpha value is -5.83. The van der Waals surface area contributed by atoms with Crippen molar-refractivity contribution in [2.24, 2.45) is 0 Å².